The fraction of sp³-hybridized carbons (Fsp3) is 0.880. The van der Waals surface area contributed by atoms with E-state index in [4.69, 9.17) is 41.9 Å². The van der Waals surface area contributed by atoms with Gasteiger partial charge in [0, 0.05) is 31.6 Å². The van der Waals surface area contributed by atoms with Crippen molar-refractivity contribution in [2.45, 2.75) is 105 Å². The molecule has 16 nitrogen and oxygen atoms in total. The molecule has 13 atom stereocenters. The van der Waals surface area contributed by atoms with E-state index in [0.29, 0.717) is 25.3 Å². The van der Waals surface area contributed by atoms with Crippen molar-refractivity contribution in [3.8, 4) is 0 Å². The van der Waals surface area contributed by atoms with E-state index in [1.165, 1.54) is 6.92 Å². The van der Waals surface area contributed by atoms with Gasteiger partial charge in [0.1, 0.15) is 35.8 Å². The molecular formula is C25H47N7O9. The third kappa shape index (κ3) is 6.85. The second kappa shape index (κ2) is 13.0. The van der Waals surface area contributed by atoms with Gasteiger partial charge in [0.15, 0.2) is 11.9 Å². The lowest BCUT2D eigenvalue weighted by atomic mass is 9.83. The number of aliphatic hydroxyl groups is 4. The van der Waals surface area contributed by atoms with Crippen LogP contribution in [-0.4, -0.2) is 138 Å². The van der Waals surface area contributed by atoms with Crippen LogP contribution in [0.4, 0.5) is 0 Å². The molecule has 2 saturated carbocycles. The quantitative estimate of drug-likeness (QED) is 0.107. The Morgan fingerprint density at radius 1 is 1.12 bits per heavy atom. The second-order valence-electron chi connectivity index (χ2n) is 11.6. The van der Waals surface area contributed by atoms with Crippen LogP contribution in [0.1, 0.15) is 26.2 Å². The van der Waals surface area contributed by atoms with Crippen LogP contribution in [0.3, 0.4) is 0 Å². The summed E-state index contributed by atoms with van der Waals surface area (Å²) in [5.41, 5.74) is 20.5. The molecule has 2 heterocycles. The number of hydrogen-bond acceptors (Lipinski definition) is 15. The molecule has 0 aromatic heterocycles. The summed E-state index contributed by atoms with van der Waals surface area (Å²) in [6, 6.07) is -3.55. The fourth-order valence-corrected chi connectivity index (χ4v) is 5.80. The Morgan fingerprint density at radius 3 is 2.41 bits per heavy atom. The summed E-state index contributed by atoms with van der Waals surface area (Å²) in [6.45, 7) is 2.38. The minimum absolute atomic E-state index is 0.0760. The van der Waals surface area contributed by atoms with Crippen LogP contribution >= 0.6 is 0 Å². The van der Waals surface area contributed by atoms with Crippen LogP contribution in [0.5, 0.6) is 0 Å². The van der Waals surface area contributed by atoms with E-state index in [0.717, 1.165) is 0 Å². The number of likely N-dealkylation sites (N-methyl/N-ethyl adjacent to an activating group) is 1. The zero-order valence-electron chi connectivity index (χ0n) is 23.5. The summed E-state index contributed by atoms with van der Waals surface area (Å²) < 4.78 is 24.0. The summed E-state index contributed by atoms with van der Waals surface area (Å²) in [6.07, 6.45) is -4.61. The van der Waals surface area contributed by atoms with Crippen LogP contribution < -0.4 is 38.9 Å². The molecule has 0 radical (unpaired) electrons. The molecule has 0 aromatic carbocycles. The molecule has 2 aliphatic heterocycles. The predicted molar refractivity (Wildman–Crippen MR) is 145 cm³/mol. The Hall–Kier alpha value is -1.51. The van der Waals surface area contributed by atoms with E-state index in [2.05, 4.69) is 16.0 Å². The lowest BCUT2D eigenvalue weighted by Gasteiger charge is -2.49. The van der Waals surface area contributed by atoms with Gasteiger partial charge in [0.05, 0.1) is 31.3 Å². The molecule has 4 rings (SSSR count). The number of nitrogens with two attached hydrogens (primary N) is 4. The van der Waals surface area contributed by atoms with Crippen molar-refractivity contribution < 1.29 is 44.2 Å². The molecule has 15 N–H and O–H groups in total. The van der Waals surface area contributed by atoms with Gasteiger partial charge in [-0.2, -0.15) is 0 Å². The number of carbonyl (C=O) groups is 1. The first-order valence-electron chi connectivity index (χ1n) is 14.1. The molecule has 1 amide bonds. The van der Waals surface area contributed by atoms with Crippen molar-refractivity contribution in [3.05, 3.63) is 11.8 Å². The smallest absolute Gasteiger partial charge is 0.253 e. The minimum Gasteiger partial charge on any atom is -0.467 e. The van der Waals surface area contributed by atoms with E-state index in [1.54, 1.807) is 7.05 Å². The van der Waals surface area contributed by atoms with Crippen LogP contribution in [0, 0.1) is 0 Å². The molecular weight excluding hydrogens is 542 g/mol. The summed E-state index contributed by atoms with van der Waals surface area (Å²) >= 11 is 0. The number of amides is 1. The summed E-state index contributed by atoms with van der Waals surface area (Å²) in [4.78, 5) is 12.9. The van der Waals surface area contributed by atoms with Crippen molar-refractivity contribution in [2.75, 3.05) is 33.3 Å². The largest absolute Gasteiger partial charge is 0.467 e. The molecule has 41 heavy (non-hydrogen) atoms. The summed E-state index contributed by atoms with van der Waals surface area (Å²) in [7, 11) is 1.58. The van der Waals surface area contributed by atoms with E-state index in [9.17, 15) is 25.2 Å². The van der Waals surface area contributed by atoms with Gasteiger partial charge in [-0.3, -0.25) is 4.79 Å². The zero-order valence-corrected chi connectivity index (χ0v) is 23.5. The Bertz CT molecular complexity index is 945. The molecule has 4 aliphatic rings. The number of carbonyl (C=O) groups excluding carboxylic acids is 1. The Labute approximate surface area is 239 Å². The average molecular weight is 590 g/mol. The third-order valence-electron chi connectivity index (χ3n) is 8.38. The maximum Gasteiger partial charge on any atom is 0.253 e. The van der Waals surface area contributed by atoms with Crippen molar-refractivity contribution in [3.63, 3.8) is 0 Å². The topological polar surface area (TPSA) is 275 Å². The predicted octanol–water partition coefficient (Wildman–Crippen LogP) is -5.64. The van der Waals surface area contributed by atoms with Crippen LogP contribution in [0.15, 0.2) is 11.8 Å². The molecule has 236 valence electrons. The van der Waals surface area contributed by atoms with Gasteiger partial charge in [0.25, 0.3) is 5.91 Å². The van der Waals surface area contributed by atoms with Gasteiger partial charge >= 0.3 is 0 Å². The van der Waals surface area contributed by atoms with Crippen molar-refractivity contribution >= 4 is 5.91 Å². The molecule has 3 fully saturated rings. The molecule has 0 spiro atoms. The van der Waals surface area contributed by atoms with Crippen molar-refractivity contribution in [1.82, 2.24) is 16.0 Å². The number of aliphatic hydroxyl groups excluding tert-OH is 2. The SMILES string of the molecule is CN[C@@H]1[C@@H](O)[C@@H](O[C@H]2[C@H](NC(=O)C3(O)CC3N)C[C@H](N)C(O[C@H]3OC(CN)=CC[C@H]3NCCN)[C@@H]2O)OC[C@]1(C)O. The second-order valence-corrected chi connectivity index (χ2v) is 11.6. The first kappa shape index (κ1) is 32.4. The van der Waals surface area contributed by atoms with E-state index in [1.807, 2.05) is 6.08 Å². The number of nitrogens with one attached hydrogen (secondary N) is 3. The normalized spacial score (nSPS) is 46.4. The Balaban J connectivity index is 1.55. The van der Waals surface area contributed by atoms with Gasteiger partial charge in [-0.1, -0.05) is 0 Å². The highest BCUT2D eigenvalue weighted by molar-refractivity contribution is 5.89. The lowest BCUT2D eigenvalue weighted by molar-refractivity contribution is -0.304. The maximum atomic E-state index is 12.9. The molecule has 0 bridgehead atoms. The van der Waals surface area contributed by atoms with Gasteiger partial charge in [0.2, 0.25) is 6.29 Å². The molecule has 2 aliphatic carbocycles. The zero-order chi connectivity index (χ0) is 30.1. The van der Waals surface area contributed by atoms with Gasteiger partial charge in [-0.15, -0.1) is 0 Å². The Kier molecular flexibility index (Phi) is 10.3. The monoisotopic (exact) mass is 589 g/mol. The highest BCUT2D eigenvalue weighted by Gasteiger charge is 2.59. The van der Waals surface area contributed by atoms with Crippen LogP contribution in [0.25, 0.3) is 0 Å². The van der Waals surface area contributed by atoms with E-state index in [-0.39, 0.29) is 32.0 Å². The standard InChI is InChI=1S/C25H47N7O9/c1-24(36)10-38-22(17(34)20(24)30-2)41-19-14(32-23(35)25(37)8-15(25)29)7-12(28)18(16(19)33)40-21-13(31-6-5-26)4-3-11(9-27)39-21/h3,12-22,30-31,33-34,36-37H,4-10,26-29H2,1-2H3,(H,32,35)/t12-,13+,14+,15?,16-,17+,18?,19-,20+,21+,22+,24-,25?/m0/s1. The van der Waals surface area contributed by atoms with Crippen LogP contribution in [0.2, 0.25) is 0 Å². The fourth-order valence-electron chi connectivity index (χ4n) is 5.80. The minimum atomic E-state index is -1.73. The first-order chi connectivity index (χ1) is 19.4. The molecule has 16 heteroatoms. The summed E-state index contributed by atoms with van der Waals surface area (Å²) in [5, 5.41) is 52.5. The van der Waals surface area contributed by atoms with E-state index >= 15 is 0 Å². The maximum absolute atomic E-state index is 12.9. The highest BCUT2D eigenvalue weighted by Crippen LogP contribution is 2.36. The van der Waals surface area contributed by atoms with Crippen LogP contribution in [-0.2, 0) is 23.7 Å². The lowest BCUT2D eigenvalue weighted by Crippen LogP contribution is -2.69. The highest BCUT2D eigenvalue weighted by atomic mass is 16.7. The van der Waals surface area contributed by atoms with Crippen molar-refractivity contribution in [1.29, 1.82) is 0 Å². The van der Waals surface area contributed by atoms with Gasteiger partial charge < -0.3 is 78.3 Å². The molecule has 1 saturated heterocycles. The molecule has 0 aromatic rings. The van der Waals surface area contributed by atoms with E-state index < -0.39 is 78.3 Å². The number of hydrogen-bond donors (Lipinski definition) is 11. The Morgan fingerprint density at radius 2 is 1.80 bits per heavy atom. The summed E-state index contributed by atoms with van der Waals surface area (Å²) in [5.74, 6) is -0.196. The number of ether oxygens (including phenoxy) is 4. The third-order valence-corrected chi connectivity index (χ3v) is 8.38. The van der Waals surface area contributed by atoms with Gasteiger partial charge in [-0.05, 0) is 32.9 Å². The number of rotatable bonds is 11. The first-order valence-corrected chi connectivity index (χ1v) is 14.1. The molecule has 3 unspecified atom stereocenters. The van der Waals surface area contributed by atoms with Crippen molar-refractivity contribution in [2.24, 2.45) is 22.9 Å². The van der Waals surface area contributed by atoms with Gasteiger partial charge in [-0.25, -0.2) is 0 Å². The average Bonchev–Trinajstić information content (AvgIpc) is 3.56.